The van der Waals surface area contributed by atoms with Gasteiger partial charge in [-0.05, 0) is 0 Å². The second kappa shape index (κ2) is 11.5. The molecule has 0 spiro atoms. The Morgan fingerprint density at radius 3 is 1.45 bits per heavy atom. The molecule has 6 rings (SSSR count). The number of benzene rings is 4. The summed E-state index contributed by atoms with van der Waals surface area (Å²) in [7, 11) is 0. The second-order valence-corrected chi connectivity index (χ2v) is 22.0. The van der Waals surface area contributed by atoms with Gasteiger partial charge >= 0.3 is 279 Å². The van der Waals surface area contributed by atoms with E-state index in [1.54, 1.807) is 3.21 Å². The van der Waals surface area contributed by atoms with E-state index in [1.165, 1.54) is 44.5 Å². The molecule has 0 saturated heterocycles. The topological polar surface area (TPSA) is 0 Å². The minimum atomic E-state index is -2.73. The van der Waals surface area contributed by atoms with Crippen LogP contribution in [0.1, 0.15) is 78.5 Å². The first-order chi connectivity index (χ1) is 19.9. The predicted molar refractivity (Wildman–Crippen MR) is 185 cm³/mol. The molecule has 4 aromatic carbocycles. The van der Waals surface area contributed by atoms with Crippen LogP contribution in [0.25, 0.3) is 11.1 Å². The fourth-order valence-corrected chi connectivity index (χ4v) is 16.5. The molecule has 0 unspecified atom stereocenters. The molecule has 2 aliphatic rings. The number of hydrogen-bond donors (Lipinski definition) is 0. The number of rotatable bonds is 4. The van der Waals surface area contributed by atoms with Crippen LogP contribution in [0.3, 0.4) is 0 Å². The van der Waals surface area contributed by atoms with Crippen molar-refractivity contribution in [2.45, 2.75) is 59.6 Å². The van der Waals surface area contributed by atoms with Crippen LogP contribution in [-0.2, 0) is 32.1 Å². The van der Waals surface area contributed by atoms with Crippen molar-refractivity contribution in [3.05, 3.63) is 152 Å². The van der Waals surface area contributed by atoms with Crippen molar-refractivity contribution in [2.75, 3.05) is 0 Å². The number of fused-ring (bicyclic) bond motifs is 3. The Balaban J connectivity index is 1.76. The summed E-state index contributed by atoms with van der Waals surface area (Å²) in [4.78, 5) is 0. The molecule has 42 heavy (non-hydrogen) atoms. The fraction of sp³-hybridized carbons (Fsp3) is 0.256. The maximum atomic E-state index is 3.82. The molecule has 0 aliphatic heterocycles. The molecule has 2 aliphatic carbocycles. The molecule has 3 heteroatoms. The van der Waals surface area contributed by atoms with Gasteiger partial charge in [-0.15, -0.1) is 0 Å². The molecule has 0 aromatic heterocycles. The zero-order valence-electron chi connectivity index (χ0n) is 25.3. The van der Waals surface area contributed by atoms with Crippen LogP contribution in [0.2, 0.25) is 3.63 Å². The third-order valence-electron chi connectivity index (χ3n) is 8.68. The van der Waals surface area contributed by atoms with Gasteiger partial charge in [0.15, 0.2) is 0 Å². The summed E-state index contributed by atoms with van der Waals surface area (Å²) < 4.78 is 4.69. The molecule has 0 amide bonds. The van der Waals surface area contributed by atoms with Crippen molar-refractivity contribution in [3.63, 3.8) is 0 Å². The van der Waals surface area contributed by atoms with E-state index in [4.69, 9.17) is 0 Å². The van der Waals surface area contributed by atoms with Crippen molar-refractivity contribution >= 4 is 35.1 Å². The number of allylic oxidation sites excluding steroid dienone is 4. The normalized spacial score (nSPS) is 14.8. The standard InChI is InChI=1S/C21H25.C13H8Br2.C5H5.Zr/c1-20(2,3)16-7-9-18-14(12-16)11-15-13-17(21(4,5)6)8-10-19(15)18;14-12-5-1-3-10(8-12)7-11-4-2-6-13(15)9-11;1-2-4-5-3-1;/h7-13H,1-6H3;1-6,8-9H;1-5H;. The molecule has 0 saturated carbocycles. The Labute approximate surface area is 276 Å². The Hall–Kier alpha value is -1.93. The van der Waals surface area contributed by atoms with E-state index in [2.05, 4.69) is 183 Å². The summed E-state index contributed by atoms with van der Waals surface area (Å²) in [6.45, 7) is 14.0. The zero-order chi connectivity index (χ0) is 29.8. The third-order valence-corrected chi connectivity index (χ3v) is 18.3. The van der Waals surface area contributed by atoms with Crippen LogP contribution in [-0.4, -0.2) is 3.21 Å². The summed E-state index contributed by atoms with van der Waals surface area (Å²) in [5.41, 5.74) is 11.6. The number of hydrogen-bond acceptors (Lipinski definition) is 0. The third kappa shape index (κ3) is 5.79. The van der Waals surface area contributed by atoms with E-state index in [0.29, 0.717) is 7.25 Å². The van der Waals surface area contributed by atoms with Crippen molar-refractivity contribution in [1.82, 2.24) is 0 Å². The zero-order valence-corrected chi connectivity index (χ0v) is 30.9. The van der Waals surface area contributed by atoms with Crippen LogP contribution in [0.5, 0.6) is 0 Å². The van der Waals surface area contributed by atoms with Gasteiger partial charge in [0.2, 0.25) is 0 Å². The van der Waals surface area contributed by atoms with E-state index < -0.39 is 21.3 Å². The Morgan fingerprint density at radius 2 is 1.05 bits per heavy atom. The molecule has 0 radical (unpaired) electrons. The van der Waals surface area contributed by atoms with Gasteiger partial charge in [0.25, 0.3) is 0 Å². The summed E-state index contributed by atoms with van der Waals surface area (Å²) in [6, 6.07) is 32.7. The van der Waals surface area contributed by atoms with Crippen molar-refractivity contribution in [3.8, 4) is 11.1 Å². The monoisotopic (exact) mass is 754 g/mol. The quantitative estimate of drug-likeness (QED) is 0.194. The average Bonchev–Trinajstić information content (AvgIpc) is 3.57. The van der Waals surface area contributed by atoms with Crippen molar-refractivity contribution < 1.29 is 21.3 Å². The van der Waals surface area contributed by atoms with Crippen LogP contribution in [0.4, 0.5) is 0 Å². The molecule has 212 valence electrons. The van der Waals surface area contributed by atoms with E-state index in [9.17, 15) is 0 Å². The van der Waals surface area contributed by atoms with Crippen molar-refractivity contribution in [2.24, 2.45) is 0 Å². The van der Waals surface area contributed by atoms with Gasteiger partial charge in [-0.1, -0.05) is 0 Å². The summed E-state index contributed by atoms with van der Waals surface area (Å²) >= 11 is 4.91. The minimum absolute atomic E-state index is 0.0861. The molecule has 0 atom stereocenters. The Bertz CT molecular complexity index is 1650. The first kappa shape index (κ1) is 30.1. The average molecular weight is 758 g/mol. The molecular weight excluding hydrogens is 719 g/mol. The number of halogens is 2. The van der Waals surface area contributed by atoms with Gasteiger partial charge in [0.1, 0.15) is 0 Å². The van der Waals surface area contributed by atoms with E-state index >= 15 is 0 Å². The summed E-state index contributed by atoms with van der Waals surface area (Å²) in [5.74, 6) is 0. The van der Waals surface area contributed by atoms with Gasteiger partial charge in [-0.25, -0.2) is 0 Å². The van der Waals surface area contributed by atoms with Crippen LogP contribution < -0.4 is 0 Å². The maximum absolute atomic E-state index is 3.82. The predicted octanol–water partition coefficient (Wildman–Crippen LogP) is 11.7. The van der Waals surface area contributed by atoms with Gasteiger partial charge in [0, 0.05) is 0 Å². The second-order valence-electron chi connectivity index (χ2n) is 13.7. The SMILES string of the molecule is CC(C)(C)c1ccc2c(c1)[CH]([Zr](=[C](c1cccc(Br)c1)c1cccc(Br)c1)[CH]1C=CC=C1)c1cc(C(C)(C)C)ccc1-2. The van der Waals surface area contributed by atoms with E-state index in [0.717, 1.165) is 8.95 Å². The van der Waals surface area contributed by atoms with Crippen LogP contribution in [0, 0.1) is 0 Å². The van der Waals surface area contributed by atoms with Crippen LogP contribution >= 0.6 is 31.9 Å². The Kier molecular flexibility index (Phi) is 8.27. The summed E-state index contributed by atoms with van der Waals surface area (Å²) in [5, 5.41) is 0. The van der Waals surface area contributed by atoms with Gasteiger partial charge in [-0.2, -0.15) is 0 Å². The van der Waals surface area contributed by atoms with Gasteiger partial charge < -0.3 is 0 Å². The molecule has 0 heterocycles. The molecule has 0 fully saturated rings. The van der Waals surface area contributed by atoms with E-state index in [-0.39, 0.29) is 10.8 Å². The van der Waals surface area contributed by atoms with Gasteiger partial charge in [0.05, 0.1) is 0 Å². The first-order valence-corrected chi connectivity index (χ1v) is 20.5. The molecule has 4 aromatic rings. The fourth-order valence-electron chi connectivity index (χ4n) is 6.46. The van der Waals surface area contributed by atoms with Crippen molar-refractivity contribution in [1.29, 1.82) is 0 Å². The van der Waals surface area contributed by atoms with Gasteiger partial charge in [-0.3, -0.25) is 0 Å². The Morgan fingerprint density at radius 1 is 0.595 bits per heavy atom. The molecule has 0 nitrogen and oxygen atoms in total. The molecular formula is C39H38Br2Zr. The summed E-state index contributed by atoms with van der Waals surface area (Å²) in [6.07, 6.45) is 9.53. The van der Waals surface area contributed by atoms with E-state index in [1.807, 2.05) is 0 Å². The first-order valence-electron chi connectivity index (χ1n) is 14.8. The molecule has 0 N–H and O–H groups in total. The molecule has 0 bridgehead atoms. The van der Waals surface area contributed by atoms with Crippen LogP contribution in [0.15, 0.2) is 118 Å².